The Hall–Kier alpha value is -3.95. The van der Waals surface area contributed by atoms with Crippen molar-refractivity contribution in [2.75, 3.05) is 13.2 Å². The predicted molar refractivity (Wildman–Crippen MR) is 96.4 cm³/mol. The van der Waals surface area contributed by atoms with Crippen LogP contribution in [-0.2, 0) is 20.9 Å². The van der Waals surface area contributed by atoms with Gasteiger partial charge in [-0.15, -0.1) is 0 Å². The van der Waals surface area contributed by atoms with E-state index < -0.39 is 36.0 Å². The van der Waals surface area contributed by atoms with Gasteiger partial charge in [0.1, 0.15) is 0 Å². The van der Waals surface area contributed by atoms with Gasteiger partial charge >= 0.3 is 17.7 Å². The second kappa shape index (κ2) is 10.3. The van der Waals surface area contributed by atoms with E-state index in [0.717, 1.165) is 5.56 Å². The zero-order chi connectivity index (χ0) is 20.4. The Labute approximate surface area is 159 Å². The molecule has 0 aliphatic rings. The third-order valence-electron chi connectivity index (χ3n) is 3.32. The fourth-order valence-electron chi connectivity index (χ4n) is 2.04. The lowest BCUT2D eigenvalue weighted by atomic mass is 10.2. The molecule has 2 rings (SSSR count). The van der Waals surface area contributed by atoms with E-state index in [1.54, 1.807) is 12.1 Å². The second-order valence-corrected chi connectivity index (χ2v) is 5.39. The Kier molecular flexibility index (Phi) is 7.46. The molecule has 0 saturated heterocycles. The number of nitro benzene ring substituents is 1. The molecule has 0 aliphatic carbocycles. The van der Waals surface area contributed by atoms with Gasteiger partial charge in [0.05, 0.1) is 4.92 Å². The van der Waals surface area contributed by atoms with Crippen LogP contribution in [0.25, 0.3) is 0 Å². The van der Waals surface area contributed by atoms with E-state index in [0.29, 0.717) is 0 Å². The molecule has 28 heavy (non-hydrogen) atoms. The Bertz CT molecular complexity index is 855. The number of carbonyl (C=O) groups excluding carboxylic acids is 3. The minimum absolute atomic E-state index is 0.103. The number of hydrogen-bond acceptors (Lipinski definition) is 7. The number of esters is 1. The van der Waals surface area contributed by atoms with Crippen molar-refractivity contribution in [3.05, 3.63) is 70.3 Å². The maximum atomic E-state index is 11.6. The van der Waals surface area contributed by atoms with E-state index >= 15 is 0 Å². The van der Waals surface area contributed by atoms with Crippen LogP contribution >= 0.6 is 0 Å². The number of nitrogens with one attached hydrogen (secondary N) is 2. The maximum absolute atomic E-state index is 11.6. The number of ether oxygens (including phenoxy) is 2. The van der Waals surface area contributed by atoms with Crippen molar-refractivity contribution in [1.82, 2.24) is 10.6 Å². The minimum atomic E-state index is -0.919. The van der Waals surface area contributed by atoms with Gasteiger partial charge in [-0.1, -0.05) is 42.5 Å². The summed E-state index contributed by atoms with van der Waals surface area (Å²) in [5.74, 6) is -1.85. The van der Waals surface area contributed by atoms with E-state index in [-0.39, 0.29) is 18.0 Å². The van der Waals surface area contributed by atoms with Crippen LogP contribution in [0.5, 0.6) is 5.75 Å². The summed E-state index contributed by atoms with van der Waals surface area (Å²) >= 11 is 0. The summed E-state index contributed by atoms with van der Waals surface area (Å²) in [4.78, 5) is 45.0. The standard InChI is InChI=1S/C18H17N3O7/c22-16(20-18(24)19-10-13-6-2-1-3-7-13)11-28-17(23)12-27-15-9-5-4-8-14(15)21(25)26/h1-9H,10-12H2,(H2,19,20,22,24). The monoisotopic (exact) mass is 387 g/mol. The molecule has 0 saturated carbocycles. The van der Waals surface area contributed by atoms with Crippen LogP contribution in [0.15, 0.2) is 54.6 Å². The van der Waals surface area contributed by atoms with E-state index in [4.69, 9.17) is 4.74 Å². The average Bonchev–Trinajstić information content (AvgIpc) is 2.70. The highest BCUT2D eigenvalue weighted by molar-refractivity contribution is 5.95. The molecule has 2 aromatic carbocycles. The van der Waals surface area contributed by atoms with Crippen molar-refractivity contribution in [2.24, 2.45) is 0 Å². The summed E-state index contributed by atoms with van der Waals surface area (Å²) in [6, 6.07) is 13.9. The van der Waals surface area contributed by atoms with Crippen LogP contribution in [-0.4, -0.2) is 36.0 Å². The number of rotatable bonds is 8. The number of nitrogens with zero attached hydrogens (tertiary/aromatic N) is 1. The normalized spacial score (nSPS) is 9.86. The summed E-state index contributed by atoms with van der Waals surface area (Å²) in [5, 5.41) is 15.3. The van der Waals surface area contributed by atoms with E-state index in [1.165, 1.54) is 24.3 Å². The first-order valence-electron chi connectivity index (χ1n) is 8.09. The molecule has 0 radical (unpaired) electrons. The van der Waals surface area contributed by atoms with Crippen LogP contribution in [0.2, 0.25) is 0 Å². The summed E-state index contributed by atoms with van der Waals surface area (Å²) in [6.45, 7) is -1.10. The molecular weight excluding hydrogens is 370 g/mol. The number of imide groups is 1. The van der Waals surface area contributed by atoms with Crippen molar-refractivity contribution in [2.45, 2.75) is 6.54 Å². The molecule has 0 atom stereocenters. The molecule has 0 aromatic heterocycles. The molecule has 0 aliphatic heterocycles. The van der Waals surface area contributed by atoms with Gasteiger partial charge in [0.15, 0.2) is 19.0 Å². The van der Waals surface area contributed by atoms with Crippen LogP contribution < -0.4 is 15.4 Å². The predicted octanol–water partition coefficient (Wildman–Crippen LogP) is 1.54. The highest BCUT2D eigenvalue weighted by Crippen LogP contribution is 2.25. The molecule has 3 amide bonds. The average molecular weight is 387 g/mol. The van der Waals surface area contributed by atoms with Gasteiger partial charge in [0, 0.05) is 12.6 Å². The fraction of sp³-hybridized carbons (Fsp3) is 0.167. The van der Waals surface area contributed by atoms with Gasteiger partial charge in [-0.2, -0.15) is 0 Å². The molecule has 2 aromatic rings. The summed E-state index contributed by atoms with van der Waals surface area (Å²) < 4.78 is 9.70. The highest BCUT2D eigenvalue weighted by atomic mass is 16.6. The topological polar surface area (TPSA) is 137 Å². The number of urea groups is 1. The summed E-state index contributed by atoms with van der Waals surface area (Å²) in [5.41, 5.74) is 0.548. The van der Waals surface area contributed by atoms with Gasteiger partial charge in [0.25, 0.3) is 5.91 Å². The molecule has 2 N–H and O–H groups in total. The van der Waals surface area contributed by atoms with Crippen molar-refractivity contribution in [3.8, 4) is 5.75 Å². The fourth-order valence-corrected chi connectivity index (χ4v) is 2.04. The SMILES string of the molecule is O=C(COC(=O)COc1ccccc1[N+](=O)[O-])NC(=O)NCc1ccccc1. The Morgan fingerprint density at radius 2 is 1.64 bits per heavy atom. The number of para-hydroxylation sites is 2. The number of nitro groups is 1. The zero-order valence-electron chi connectivity index (χ0n) is 14.6. The molecule has 0 heterocycles. The number of amides is 3. The number of benzene rings is 2. The number of carbonyl (C=O) groups is 3. The molecule has 10 heteroatoms. The molecular formula is C18H17N3O7. The van der Waals surface area contributed by atoms with Gasteiger partial charge in [-0.25, -0.2) is 9.59 Å². The maximum Gasteiger partial charge on any atom is 0.344 e. The quantitative estimate of drug-likeness (QED) is 0.398. The van der Waals surface area contributed by atoms with E-state index in [2.05, 4.69) is 10.1 Å². The number of hydrogen-bond donors (Lipinski definition) is 2. The van der Waals surface area contributed by atoms with Gasteiger partial charge in [0.2, 0.25) is 0 Å². The third-order valence-corrected chi connectivity index (χ3v) is 3.32. The first-order valence-corrected chi connectivity index (χ1v) is 8.09. The van der Waals surface area contributed by atoms with Crippen molar-refractivity contribution < 1.29 is 28.8 Å². The lowest BCUT2D eigenvalue weighted by Crippen LogP contribution is -2.41. The van der Waals surface area contributed by atoms with Gasteiger partial charge in [-0.3, -0.25) is 20.2 Å². The van der Waals surface area contributed by atoms with Crippen molar-refractivity contribution >= 4 is 23.6 Å². The van der Waals surface area contributed by atoms with E-state index in [9.17, 15) is 24.5 Å². The lowest BCUT2D eigenvalue weighted by Gasteiger charge is -2.08. The van der Waals surface area contributed by atoms with Crippen molar-refractivity contribution in [3.63, 3.8) is 0 Å². The van der Waals surface area contributed by atoms with Crippen LogP contribution in [0.1, 0.15) is 5.56 Å². The minimum Gasteiger partial charge on any atom is -0.475 e. The van der Waals surface area contributed by atoms with Crippen LogP contribution in [0, 0.1) is 10.1 Å². The highest BCUT2D eigenvalue weighted by Gasteiger charge is 2.16. The molecule has 0 bridgehead atoms. The first kappa shape index (κ1) is 20.4. The summed E-state index contributed by atoms with van der Waals surface area (Å²) in [7, 11) is 0. The van der Waals surface area contributed by atoms with Gasteiger partial charge in [-0.05, 0) is 11.6 Å². The Morgan fingerprint density at radius 1 is 0.964 bits per heavy atom. The smallest absolute Gasteiger partial charge is 0.344 e. The molecule has 10 nitrogen and oxygen atoms in total. The largest absolute Gasteiger partial charge is 0.475 e. The lowest BCUT2D eigenvalue weighted by molar-refractivity contribution is -0.385. The second-order valence-electron chi connectivity index (χ2n) is 5.39. The molecule has 146 valence electrons. The summed E-state index contributed by atoms with van der Waals surface area (Å²) in [6.07, 6.45) is 0. The van der Waals surface area contributed by atoms with Crippen LogP contribution in [0.3, 0.4) is 0 Å². The first-order chi connectivity index (χ1) is 13.5. The van der Waals surface area contributed by atoms with E-state index in [1.807, 2.05) is 23.5 Å². The molecule has 0 fully saturated rings. The molecule has 0 unspecified atom stereocenters. The Morgan fingerprint density at radius 3 is 2.36 bits per heavy atom. The third kappa shape index (κ3) is 6.75. The zero-order valence-corrected chi connectivity index (χ0v) is 14.6. The van der Waals surface area contributed by atoms with Crippen LogP contribution in [0.4, 0.5) is 10.5 Å². The Balaban J connectivity index is 1.68. The molecule has 0 spiro atoms. The van der Waals surface area contributed by atoms with Crippen molar-refractivity contribution in [1.29, 1.82) is 0 Å². The van der Waals surface area contributed by atoms with Gasteiger partial charge < -0.3 is 14.8 Å².